The Balaban J connectivity index is 0.00000140. The van der Waals surface area contributed by atoms with E-state index in [1.807, 2.05) is 24.3 Å². The maximum absolute atomic E-state index is 12.7. The van der Waals surface area contributed by atoms with Crippen molar-refractivity contribution >= 4 is 81.9 Å². The van der Waals surface area contributed by atoms with Gasteiger partial charge in [-0.15, -0.1) is 0 Å². The van der Waals surface area contributed by atoms with Crippen molar-refractivity contribution in [3.05, 3.63) is 107 Å². The van der Waals surface area contributed by atoms with Crippen LogP contribution in [0.3, 0.4) is 0 Å². The molecular weight excluding hydrogens is 1000 g/mol. The molecule has 2 aromatic carbocycles. The van der Waals surface area contributed by atoms with Crippen molar-refractivity contribution in [2.75, 3.05) is 26.4 Å². The van der Waals surface area contributed by atoms with Crippen LogP contribution in [0.5, 0.6) is 0 Å². The topological polar surface area (TPSA) is 220 Å². The van der Waals surface area contributed by atoms with Gasteiger partial charge in [0.15, 0.2) is 0 Å². The average molecular weight is 1080 g/mol. The Morgan fingerprint density at radius 3 is 0.849 bits per heavy atom. The van der Waals surface area contributed by atoms with E-state index in [1.165, 1.54) is 62.8 Å². The molecule has 14 nitrogen and oxygen atoms in total. The molecule has 0 aromatic heterocycles. The van der Waals surface area contributed by atoms with Crippen LogP contribution in [0, 0.1) is 0 Å². The fourth-order valence-electron chi connectivity index (χ4n) is 7.00. The number of carbonyl (C=O) groups excluding carboxylic acids is 4. The largest absolute Gasteiger partial charge is 2.00 e. The number of rotatable bonds is 38. The summed E-state index contributed by atoms with van der Waals surface area (Å²) in [7, 11) is -10.0. The van der Waals surface area contributed by atoms with Crippen molar-refractivity contribution in [3.8, 4) is 0 Å². The molecule has 0 atom stereocenters. The van der Waals surface area contributed by atoms with Gasteiger partial charge in [-0.3, -0.25) is 0 Å². The number of benzene rings is 2. The Morgan fingerprint density at radius 1 is 0.384 bits per heavy atom. The molecule has 0 aliphatic rings. The van der Waals surface area contributed by atoms with E-state index in [4.69, 9.17) is 18.9 Å². The van der Waals surface area contributed by atoms with Crippen LogP contribution in [0.25, 0.3) is 0 Å². The minimum Gasteiger partial charge on any atom is -0.744 e. The summed E-state index contributed by atoms with van der Waals surface area (Å²) >= 11 is 0. The van der Waals surface area contributed by atoms with Gasteiger partial charge in [0.25, 0.3) is 0 Å². The molecule has 0 N–H and O–H groups in total. The molecule has 0 saturated carbocycles. The van der Waals surface area contributed by atoms with Gasteiger partial charge < -0.3 is 28.1 Å². The molecule has 2 aromatic rings. The minimum atomic E-state index is -5.01. The number of unbranched alkanes of at least 4 members (excludes halogenated alkanes) is 16. The van der Waals surface area contributed by atoms with Gasteiger partial charge in [-0.1, -0.05) is 140 Å². The number of hydrogen-bond acceptors (Lipinski definition) is 14. The summed E-state index contributed by atoms with van der Waals surface area (Å²) in [6.45, 7) is 8.87. The third kappa shape index (κ3) is 32.4. The molecule has 404 valence electrons. The van der Waals surface area contributed by atoms with Crippen LogP contribution < -0.4 is 0 Å². The summed E-state index contributed by atoms with van der Waals surface area (Å²) in [6.07, 6.45) is 39.7. The van der Waals surface area contributed by atoms with Gasteiger partial charge >= 0.3 is 61.6 Å². The molecule has 0 saturated heterocycles. The molecule has 0 aliphatic carbocycles. The predicted octanol–water partition coefficient (Wildman–Crippen LogP) is 13.1. The van der Waals surface area contributed by atoms with E-state index in [0.717, 1.165) is 89.2 Å². The SMILES string of the molecule is CCCCC/C=C/CCCOC(=O)c1cccc(S(=O)(=O)[O-])c1C(=O)OCCC/C=C/CCCCC.CCCCC/C=C/CCCOC(=O)c1cccc(S(=O)(=O)[O-])c1C(=O)OCCC/C=C/CCCCC.[Ca+2]. The van der Waals surface area contributed by atoms with Crippen LogP contribution in [0.15, 0.2) is 94.8 Å². The number of ether oxygens (including phenoxy) is 4. The second kappa shape index (κ2) is 43.6. The maximum atomic E-state index is 12.7. The van der Waals surface area contributed by atoms with Gasteiger partial charge in [0.1, 0.15) is 20.2 Å². The van der Waals surface area contributed by atoms with E-state index < -0.39 is 65.0 Å². The number of hydrogen-bond donors (Lipinski definition) is 0. The smallest absolute Gasteiger partial charge is 0.744 e. The van der Waals surface area contributed by atoms with Crippen LogP contribution in [0.1, 0.15) is 223 Å². The van der Waals surface area contributed by atoms with Gasteiger partial charge in [0.2, 0.25) is 0 Å². The minimum absolute atomic E-state index is 0. The van der Waals surface area contributed by atoms with Crippen molar-refractivity contribution < 1.29 is 64.1 Å². The molecule has 0 bridgehead atoms. The average Bonchev–Trinajstić information content (AvgIpc) is 3.35. The molecule has 0 heterocycles. The van der Waals surface area contributed by atoms with Crippen molar-refractivity contribution in [2.45, 2.75) is 192 Å². The Bertz CT molecular complexity index is 2060. The van der Waals surface area contributed by atoms with Gasteiger partial charge in [-0.05, 0) is 127 Å². The molecule has 0 unspecified atom stereocenters. The summed E-state index contributed by atoms with van der Waals surface area (Å²) in [5.41, 5.74) is -1.71. The molecule has 0 aliphatic heterocycles. The van der Waals surface area contributed by atoms with E-state index in [0.29, 0.717) is 38.5 Å². The van der Waals surface area contributed by atoms with Crippen molar-refractivity contribution in [2.24, 2.45) is 0 Å². The first-order valence-electron chi connectivity index (χ1n) is 26.1. The standard InChI is InChI=1S/2C28H42O7S.Ca/c2*1-3-5-7-9-11-13-15-17-22-34-27(29)24-20-19-21-25(36(31,32)33)26(24)28(30)35-23-18-16-14-12-10-8-6-4-2;/h2*11-14,19-21H,3-10,15-18,22-23H2,1-2H3,(H,31,32,33);/q;;+2/p-2/b2*13-11+,14-12+;. The summed E-state index contributed by atoms with van der Waals surface area (Å²) in [5.74, 6) is -3.79. The molecule has 0 radical (unpaired) electrons. The third-order valence-electron chi connectivity index (χ3n) is 11.0. The van der Waals surface area contributed by atoms with Crippen molar-refractivity contribution in [3.63, 3.8) is 0 Å². The van der Waals surface area contributed by atoms with Gasteiger partial charge in [-0.25, -0.2) is 36.0 Å². The molecular formula is C56H82CaO14S2. The van der Waals surface area contributed by atoms with Crippen LogP contribution >= 0.6 is 0 Å². The maximum Gasteiger partial charge on any atom is 2.00 e. The summed E-state index contributed by atoms with van der Waals surface area (Å²) in [6, 6.07) is 7.00. The van der Waals surface area contributed by atoms with E-state index >= 15 is 0 Å². The Kier molecular flexibility index (Phi) is 41.4. The van der Waals surface area contributed by atoms with E-state index in [2.05, 4.69) is 52.0 Å². The number of allylic oxidation sites excluding steroid dienone is 8. The molecule has 17 heteroatoms. The van der Waals surface area contributed by atoms with Crippen LogP contribution in [-0.4, -0.2) is 114 Å². The van der Waals surface area contributed by atoms with Crippen molar-refractivity contribution in [1.29, 1.82) is 0 Å². The van der Waals surface area contributed by atoms with Crippen LogP contribution in [0.4, 0.5) is 0 Å². The third-order valence-corrected chi connectivity index (χ3v) is 12.8. The molecule has 0 amide bonds. The van der Waals surface area contributed by atoms with Gasteiger partial charge in [-0.2, -0.15) is 0 Å². The van der Waals surface area contributed by atoms with E-state index in [1.54, 1.807) is 0 Å². The first-order valence-corrected chi connectivity index (χ1v) is 28.9. The Morgan fingerprint density at radius 2 is 0.616 bits per heavy atom. The van der Waals surface area contributed by atoms with Crippen LogP contribution in [0.2, 0.25) is 0 Å². The van der Waals surface area contributed by atoms with Gasteiger partial charge in [0.05, 0.1) is 58.5 Å². The first-order chi connectivity index (χ1) is 34.6. The van der Waals surface area contributed by atoms with Crippen molar-refractivity contribution in [1.82, 2.24) is 0 Å². The molecule has 0 spiro atoms. The van der Waals surface area contributed by atoms with Crippen LogP contribution in [-0.2, 0) is 39.2 Å². The van der Waals surface area contributed by atoms with E-state index in [-0.39, 0.29) is 75.3 Å². The summed E-state index contributed by atoms with van der Waals surface area (Å²) in [5, 5.41) is 0. The molecule has 2 rings (SSSR count). The number of esters is 4. The molecule has 73 heavy (non-hydrogen) atoms. The quantitative estimate of drug-likeness (QED) is 0.0152. The fraction of sp³-hybridized carbons (Fsp3) is 0.571. The molecule has 0 fully saturated rings. The summed E-state index contributed by atoms with van der Waals surface area (Å²) < 4.78 is 91.4. The Labute approximate surface area is 467 Å². The fourth-order valence-corrected chi connectivity index (χ4v) is 8.37. The second-order valence-electron chi connectivity index (χ2n) is 17.2. The second-order valence-corrected chi connectivity index (χ2v) is 19.9. The Hall–Kier alpha value is -3.64. The normalized spacial score (nSPS) is 11.7. The zero-order chi connectivity index (χ0) is 53.3. The van der Waals surface area contributed by atoms with E-state index in [9.17, 15) is 45.1 Å². The predicted molar refractivity (Wildman–Crippen MR) is 286 cm³/mol. The summed E-state index contributed by atoms with van der Waals surface area (Å²) in [4.78, 5) is 49.1. The monoisotopic (exact) mass is 1080 g/mol. The number of carbonyl (C=O) groups is 4. The first kappa shape index (κ1) is 69.4. The zero-order valence-corrected chi connectivity index (χ0v) is 48.0. The zero-order valence-electron chi connectivity index (χ0n) is 44.1. The van der Waals surface area contributed by atoms with Gasteiger partial charge in [0, 0.05) is 0 Å².